The summed E-state index contributed by atoms with van der Waals surface area (Å²) in [6, 6.07) is 0. The molecule has 0 heteroatoms. The molecule has 0 bridgehead atoms. The zero-order chi connectivity index (χ0) is 4.12. The van der Waals surface area contributed by atoms with Crippen LogP contribution in [0.2, 0.25) is 0 Å². The lowest BCUT2D eigenvalue weighted by Crippen LogP contribution is -1.34. The van der Waals surface area contributed by atoms with Crippen molar-refractivity contribution >= 4 is 0 Å². The fourth-order valence-corrected chi connectivity index (χ4v) is 0.0962. The van der Waals surface area contributed by atoms with Gasteiger partial charge in [-0.2, -0.15) is 0 Å². The molecule has 0 amide bonds. The van der Waals surface area contributed by atoms with Gasteiger partial charge >= 0.3 is 0 Å². The highest BCUT2D eigenvalue weighted by molar-refractivity contribution is 4.92. The third-order valence-corrected chi connectivity index (χ3v) is 0.289. The number of hydrogen-bond donors (Lipinski definition) is 0. The van der Waals surface area contributed by atoms with Crippen LogP contribution in [0.25, 0.3) is 0 Å². The van der Waals surface area contributed by atoms with Gasteiger partial charge in [-0.05, 0) is 13.5 Å². The van der Waals surface area contributed by atoms with E-state index in [0.29, 0.717) is 0 Å². The minimum Gasteiger partial charge on any atom is -0.0876 e. The van der Waals surface area contributed by atoms with Gasteiger partial charge in [-0.15, -0.1) is 0 Å². The smallest absolute Gasteiger partial charge is 0.00991 e. The SMILES string of the molecule is [C]=CC=CC. The molecule has 0 aliphatic carbocycles. The van der Waals surface area contributed by atoms with Crippen LogP contribution in [0.15, 0.2) is 18.2 Å². The summed E-state index contributed by atoms with van der Waals surface area (Å²) in [6.45, 7) is 8.27. The first kappa shape index (κ1) is 4.48. The molecule has 0 heterocycles. The number of hydrogen-bond acceptors (Lipinski definition) is 0. The van der Waals surface area contributed by atoms with Crippen LogP contribution >= 0.6 is 0 Å². The van der Waals surface area contributed by atoms with Gasteiger partial charge in [-0.25, -0.2) is 0 Å². The van der Waals surface area contributed by atoms with Crippen molar-refractivity contribution in [1.82, 2.24) is 0 Å². The number of rotatable bonds is 1. The number of allylic oxidation sites excluding steroid dienone is 3. The van der Waals surface area contributed by atoms with Crippen LogP contribution in [-0.4, -0.2) is 0 Å². The fraction of sp³-hybridized carbons (Fsp3) is 0.200. The topological polar surface area (TPSA) is 0 Å². The molecule has 0 unspecified atom stereocenters. The van der Waals surface area contributed by atoms with E-state index in [0.717, 1.165) is 0 Å². The molecule has 0 fully saturated rings. The molecule has 0 aromatic rings. The third-order valence-electron chi connectivity index (χ3n) is 0.289. The molecular formula is C5H6. The van der Waals surface area contributed by atoms with E-state index in [1.807, 2.05) is 13.0 Å². The van der Waals surface area contributed by atoms with E-state index >= 15 is 0 Å². The van der Waals surface area contributed by atoms with Crippen molar-refractivity contribution in [1.29, 1.82) is 0 Å². The first-order valence-electron chi connectivity index (χ1n) is 1.53. The van der Waals surface area contributed by atoms with E-state index in [2.05, 4.69) is 0 Å². The van der Waals surface area contributed by atoms with Gasteiger partial charge in [0.2, 0.25) is 0 Å². The molecule has 0 spiro atoms. The first-order chi connectivity index (χ1) is 2.41. The molecule has 0 atom stereocenters. The molecule has 2 radical (unpaired) electrons. The van der Waals surface area contributed by atoms with Gasteiger partial charge in [0.05, 0.1) is 0 Å². The maximum Gasteiger partial charge on any atom is -0.00991 e. The Bertz CT molecular complexity index is 42.0. The van der Waals surface area contributed by atoms with Gasteiger partial charge in [-0.1, -0.05) is 18.2 Å². The van der Waals surface area contributed by atoms with E-state index in [-0.39, 0.29) is 0 Å². The summed E-state index contributed by atoms with van der Waals surface area (Å²) < 4.78 is 0. The van der Waals surface area contributed by atoms with E-state index in [4.69, 9.17) is 6.58 Å². The van der Waals surface area contributed by atoms with Crippen LogP contribution in [0, 0.1) is 6.58 Å². The highest BCUT2D eigenvalue weighted by Gasteiger charge is 1.42. The molecular weight excluding hydrogens is 60.1 g/mol. The van der Waals surface area contributed by atoms with Crippen molar-refractivity contribution < 1.29 is 0 Å². The maximum atomic E-state index is 6.39. The normalized spacial score (nSPS) is 9.00. The van der Waals surface area contributed by atoms with Gasteiger partial charge in [-0.3, -0.25) is 0 Å². The zero-order valence-corrected chi connectivity index (χ0v) is 3.23. The average Bonchev–Trinajstić information content (AvgIpc) is 1.41. The average molecular weight is 66.1 g/mol. The lowest BCUT2D eigenvalue weighted by atomic mass is 10.5. The van der Waals surface area contributed by atoms with Crippen molar-refractivity contribution in [3.63, 3.8) is 0 Å². The fourth-order valence-electron chi connectivity index (χ4n) is 0.0962. The Morgan fingerprint density at radius 1 is 1.60 bits per heavy atom. The second-order valence-electron chi connectivity index (χ2n) is 0.692. The van der Waals surface area contributed by atoms with Crippen molar-refractivity contribution in [2.45, 2.75) is 6.92 Å². The van der Waals surface area contributed by atoms with Crippen molar-refractivity contribution in [3.05, 3.63) is 24.8 Å². The third kappa shape index (κ3) is 3.48. The quantitative estimate of drug-likeness (QED) is 0.406. The summed E-state index contributed by atoms with van der Waals surface area (Å²) in [7, 11) is 0. The van der Waals surface area contributed by atoms with Crippen molar-refractivity contribution in [3.8, 4) is 0 Å². The van der Waals surface area contributed by atoms with Crippen LogP contribution in [0.1, 0.15) is 6.92 Å². The molecule has 0 aliphatic rings. The maximum absolute atomic E-state index is 6.39. The Balaban J connectivity index is 2.92. The predicted octanol–water partition coefficient (Wildman–Crippen LogP) is 1.43. The Labute approximate surface area is 32.8 Å². The Hall–Kier alpha value is -0.520. The standard InChI is InChI=1S/C5H6/c1-3-5-4-2/h3-5H,1H3. The van der Waals surface area contributed by atoms with Gasteiger partial charge in [0, 0.05) is 0 Å². The van der Waals surface area contributed by atoms with Gasteiger partial charge < -0.3 is 0 Å². The minimum atomic E-state index is 1.25. The van der Waals surface area contributed by atoms with Crippen LogP contribution in [0.3, 0.4) is 0 Å². The van der Waals surface area contributed by atoms with Crippen LogP contribution in [0.4, 0.5) is 0 Å². The van der Waals surface area contributed by atoms with Crippen molar-refractivity contribution in [2.75, 3.05) is 0 Å². The van der Waals surface area contributed by atoms with Crippen LogP contribution in [0.5, 0.6) is 0 Å². The Morgan fingerprint density at radius 3 is 2.20 bits per heavy atom. The minimum absolute atomic E-state index is 1.25. The van der Waals surface area contributed by atoms with Gasteiger partial charge in [0.1, 0.15) is 0 Å². The van der Waals surface area contributed by atoms with Gasteiger partial charge in [0.25, 0.3) is 0 Å². The second kappa shape index (κ2) is 3.48. The first-order valence-corrected chi connectivity index (χ1v) is 1.53. The Kier molecular flexibility index (Phi) is 3.12. The molecule has 0 saturated carbocycles. The monoisotopic (exact) mass is 66.0 g/mol. The molecule has 0 N–H and O–H groups in total. The molecule has 0 rings (SSSR count). The Morgan fingerprint density at radius 2 is 2.20 bits per heavy atom. The largest absolute Gasteiger partial charge is 0.0876 e. The summed E-state index contributed by atoms with van der Waals surface area (Å²) in [5.41, 5.74) is 0. The molecule has 0 aromatic carbocycles. The van der Waals surface area contributed by atoms with E-state index in [9.17, 15) is 0 Å². The second-order valence-corrected chi connectivity index (χ2v) is 0.692. The summed E-state index contributed by atoms with van der Waals surface area (Å²) in [5, 5.41) is 0. The molecule has 0 aromatic heterocycles. The molecule has 0 saturated heterocycles. The lowest BCUT2D eigenvalue weighted by Gasteiger charge is -1.55. The molecule has 0 aliphatic heterocycles. The van der Waals surface area contributed by atoms with Crippen LogP contribution < -0.4 is 0 Å². The predicted molar refractivity (Wildman–Crippen MR) is 22.6 cm³/mol. The summed E-state index contributed by atoms with van der Waals surface area (Å²) >= 11 is 0. The van der Waals surface area contributed by atoms with Crippen molar-refractivity contribution in [2.24, 2.45) is 0 Å². The van der Waals surface area contributed by atoms with Gasteiger partial charge in [0.15, 0.2) is 0 Å². The zero-order valence-electron chi connectivity index (χ0n) is 3.23. The summed E-state index contributed by atoms with van der Waals surface area (Å²) in [5.74, 6) is 0. The lowest BCUT2D eigenvalue weighted by molar-refractivity contribution is 1.74. The highest BCUT2D eigenvalue weighted by Crippen LogP contribution is 1.64. The summed E-state index contributed by atoms with van der Waals surface area (Å²) in [4.78, 5) is 0. The molecule has 0 nitrogen and oxygen atoms in total. The molecule has 5 heavy (non-hydrogen) atoms. The highest BCUT2D eigenvalue weighted by atomic mass is 13.5. The van der Waals surface area contributed by atoms with E-state index in [1.54, 1.807) is 6.08 Å². The van der Waals surface area contributed by atoms with E-state index < -0.39 is 0 Å². The van der Waals surface area contributed by atoms with Crippen LogP contribution in [-0.2, 0) is 0 Å². The molecule has 26 valence electrons. The van der Waals surface area contributed by atoms with E-state index in [1.165, 1.54) is 6.08 Å². The summed E-state index contributed by atoms with van der Waals surface area (Å²) in [6.07, 6.45) is 4.73.